The van der Waals surface area contributed by atoms with Gasteiger partial charge in [0.25, 0.3) is 5.91 Å². The number of aromatic nitrogens is 1. The summed E-state index contributed by atoms with van der Waals surface area (Å²) < 4.78 is 5.50. The van der Waals surface area contributed by atoms with Gasteiger partial charge in [-0.2, -0.15) is 0 Å². The Balaban J connectivity index is 0.00000320. The van der Waals surface area contributed by atoms with E-state index in [2.05, 4.69) is 25.5 Å². The Morgan fingerprint density at radius 1 is 1.23 bits per heavy atom. The highest BCUT2D eigenvalue weighted by molar-refractivity contribution is 14.0. The molecule has 10 heteroatoms. The van der Waals surface area contributed by atoms with E-state index in [4.69, 9.17) is 4.74 Å². The number of nitrogens with one attached hydrogen (secondary N) is 2. The number of rotatable bonds is 5. The second-order valence-electron chi connectivity index (χ2n) is 7.25. The van der Waals surface area contributed by atoms with Crippen LogP contribution < -0.4 is 10.6 Å². The van der Waals surface area contributed by atoms with Gasteiger partial charge in [-0.15, -0.1) is 24.0 Å². The number of piperazine rings is 1. The molecule has 2 aliphatic heterocycles. The minimum absolute atomic E-state index is 0. The normalized spacial score (nSPS) is 19.3. The monoisotopic (exact) mass is 530 g/mol. The van der Waals surface area contributed by atoms with E-state index in [0.717, 1.165) is 24.5 Å². The van der Waals surface area contributed by atoms with Crippen molar-refractivity contribution in [3.8, 4) is 0 Å². The van der Waals surface area contributed by atoms with E-state index in [9.17, 15) is 9.59 Å². The van der Waals surface area contributed by atoms with Gasteiger partial charge in [0.15, 0.2) is 5.96 Å². The second-order valence-corrected chi connectivity index (χ2v) is 7.25. The van der Waals surface area contributed by atoms with E-state index in [1.807, 2.05) is 24.0 Å². The number of hydrogen-bond acceptors (Lipinski definition) is 5. The topological polar surface area (TPSA) is 99.2 Å². The molecule has 2 fully saturated rings. The number of ether oxygens (including phenoxy) is 1. The Morgan fingerprint density at radius 3 is 2.60 bits per heavy atom. The largest absolute Gasteiger partial charge is 0.368 e. The summed E-state index contributed by atoms with van der Waals surface area (Å²) in [7, 11) is 1.73. The average Bonchev–Trinajstić information content (AvgIpc) is 3.26. The number of carbonyl (C=O) groups is 2. The Labute approximate surface area is 194 Å². The highest BCUT2D eigenvalue weighted by Gasteiger charge is 2.30. The number of pyridine rings is 1. The number of aliphatic imine (C=N–C) groups is 1. The molecule has 9 nitrogen and oxygen atoms in total. The van der Waals surface area contributed by atoms with Crippen LogP contribution in [0.1, 0.15) is 25.0 Å². The molecule has 1 aromatic rings. The number of aryl methyl sites for hydroxylation is 1. The van der Waals surface area contributed by atoms with Crippen LogP contribution in [0.25, 0.3) is 0 Å². The third-order valence-corrected chi connectivity index (χ3v) is 5.10. The number of hydrogen-bond donors (Lipinski definition) is 2. The van der Waals surface area contributed by atoms with E-state index in [0.29, 0.717) is 51.6 Å². The minimum atomic E-state index is -0.264. The fraction of sp³-hybridized carbons (Fsp3) is 0.600. The number of anilines is 1. The second kappa shape index (κ2) is 12.0. The number of carbonyl (C=O) groups excluding carboxylic acids is 2. The zero-order valence-corrected chi connectivity index (χ0v) is 19.9. The van der Waals surface area contributed by atoms with Crippen LogP contribution in [0.4, 0.5) is 5.82 Å². The van der Waals surface area contributed by atoms with Crippen molar-refractivity contribution in [2.24, 2.45) is 4.99 Å². The van der Waals surface area contributed by atoms with Gasteiger partial charge in [-0.1, -0.05) is 6.07 Å². The van der Waals surface area contributed by atoms with Crippen LogP contribution in [0.5, 0.6) is 0 Å². The van der Waals surface area contributed by atoms with Crippen molar-refractivity contribution in [3.05, 3.63) is 23.9 Å². The van der Waals surface area contributed by atoms with Gasteiger partial charge in [-0.3, -0.25) is 14.6 Å². The molecule has 2 N–H and O–H groups in total. The lowest BCUT2D eigenvalue weighted by atomic mass is 10.2. The molecule has 2 aliphatic rings. The molecule has 30 heavy (non-hydrogen) atoms. The van der Waals surface area contributed by atoms with Gasteiger partial charge in [0.1, 0.15) is 11.9 Å². The molecule has 2 saturated heterocycles. The molecule has 3 rings (SSSR count). The van der Waals surface area contributed by atoms with E-state index < -0.39 is 0 Å². The zero-order chi connectivity index (χ0) is 20.6. The van der Waals surface area contributed by atoms with Gasteiger partial charge >= 0.3 is 0 Å². The molecule has 2 amide bonds. The fourth-order valence-corrected chi connectivity index (χ4v) is 3.55. The van der Waals surface area contributed by atoms with Crippen LogP contribution in [0, 0.1) is 6.92 Å². The molecule has 166 valence electrons. The fourth-order valence-electron chi connectivity index (χ4n) is 3.55. The van der Waals surface area contributed by atoms with Crippen LogP contribution in [0.15, 0.2) is 23.2 Å². The van der Waals surface area contributed by atoms with Crippen molar-refractivity contribution < 1.29 is 14.3 Å². The highest BCUT2D eigenvalue weighted by Crippen LogP contribution is 2.16. The number of nitrogens with zero attached hydrogens (tertiary/aromatic N) is 4. The molecular weight excluding hydrogens is 499 g/mol. The molecule has 0 saturated carbocycles. The molecule has 1 atom stereocenters. The SMILES string of the molecule is CN=C(NCCC(=O)Nc1cccc(C)n1)N1CCN(C(=O)C2CCCO2)CC1.I. The third-order valence-electron chi connectivity index (χ3n) is 5.10. The molecule has 0 bridgehead atoms. The summed E-state index contributed by atoms with van der Waals surface area (Å²) in [6.07, 6.45) is 1.83. The first-order valence-corrected chi connectivity index (χ1v) is 10.2. The Morgan fingerprint density at radius 2 is 1.97 bits per heavy atom. The summed E-state index contributed by atoms with van der Waals surface area (Å²) in [6, 6.07) is 5.52. The lowest BCUT2D eigenvalue weighted by Gasteiger charge is -2.37. The number of guanidine groups is 1. The van der Waals surface area contributed by atoms with E-state index in [1.54, 1.807) is 13.1 Å². The molecule has 0 aromatic carbocycles. The van der Waals surface area contributed by atoms with Crippen molar-refractivity contribution in [2.45, 2.75) is 32.3 Å². The van der Waals surface area contributed by atoms with E-state index in [1.165, 1.54) is 0 Å². The maximum atomic E-state index is 12.5. The average molecular weight is 530 g/mol. The molecule has 0 radical (unpaired) electrons. The van der Waals surface area contributed by atoms with Crippen LogP contribution in [-0.4, -0.2) is 85.0 Å². The van der Waals surface area contributed by atoms with Crippen LogP contribution >= 0.6 is 24.0 Å². The Bertz CT molecular complexity index is 746. The van der Waals surface area contributed by atoms with E-state index in [-0.39, 0.29) is 41.9 Å². The van der Waals surface area contributed by atoms with E-state index >= 15 is 0 Å². The standard InChI is InChI=1S/C20H30N6O3.HI/c1-15-5-3-7-17(23-15)24-18(27)8-9-22-20(21-2)26-12-10-25(11-13-26)19(28)16-6-4-14-29-16;/h3,5,7,16H,4,6,8-14H2,1-2H3,(H,21,22)(H,23,24,27);1H. The van der Waals surface area contributed by atoms with Gasteiger partial charge in [0.05, 0.1) is 0 Å². The molecule has 1 unspecified atom stereocenters. The summed E-state index contributed by atoms with van der Waals surface area (Å²) in [5.41, 5.74) is 0.860. The molecular formula is C20H31IN6O3. The summed E-state index contributed by atoms with van der Waals surface area (Å²) in [5.74, 6) is 1.31. The number of amides is 2. The summed E-state index contributed by atoms with van der Waals surface area (Å²) in [6.45, 7) is 5.75. The summed E-state index contributed by atoms with van der Waals surface area (Å²) in [4.78, 5) is 37.1. The lowest BCUT2D eigenvalue weighted by Crippen LogP contribution is -2.55. The van der Waals surface area contributed by atoms with Crippen LogP contribution in [0.3, 0.4) is 0 Å². The zero-order valence-electron chi connectivity index (χ0n) is 17.6. The first-order chi connectivity index (χ1) is 14.1. The molecule has 1 aromatic heterocycles. The Kier molecular flexibility index (Phi) is 9.76. The Hall–Kier alpha value is -1.95. The van der Waals surface area contributed by atoms with Crippen molar-refractivity contribution in [2.75, 3.05) is 51.7 Å². The van der Waals surface area contributed by atoms with Crippen molar-refractivity contribution >= 4 is 47.6 Å². The maximum absolute atomic E-state index is 12.5. The minimum Gasteiger partial charge on any atom is -0.368 e. The van der Waals surface area contributed by atoms with Crippen molar-refractivity contribution in [3.63, 3.8) is 0 Å². The first kappa shape index (κ1) is 24.3. The van der Waals surface area contributed by atoms with Gasteiger partial charge in [-0.25, -0.2) is 4.98 Å². The van der Waals surface area contributed by atoms with Crippen molar-refractivity contribution in [1.29, 1.82) is 0 Å². The summed E-state index contributed by atoms with van der Waals surface area (Å²) in [5, 5.41) is 6.03. The predicted molar refractivity (Wildman–Crippen MR) is 126 cm³/mol. The first-order valence-electron chi connectivity index (χ1n) is 10.2. The third kappa shape index (κ3) is 6.79. The summed E-state index contributed by atoms with van der Waals surface area (Å²) >= 11 is 0. The van der Waals surface area contributed by atoms with Gasteiger partial charge in [-0.05, 0) is 31.9 Å². The van der Waals surface area contributed by atoms with Crippen LogP contribution in [0.2, 0.25) is 0 Å². The smallest absolute Gasteiger partial charge is 0.251 e. The van der Waals surface area contributed by atoms with Crippen molar-refractivity contribution in [1.82, 2.24) is 20.1 Å². The van der Waals surface area contributed by atoms with Gasteiger partial charge in [0, 0.05) is 58.5 Å². The predicted octanol–water partition coefficient (Wildman–Crippen LogP) is 1.24. The molecule has 3 heterocycles. The quantitative estimate of drug-likeness (QED) is 0.338. The molecule has 0 spiro atoms. The van der Waals surface area contributed by atoms with Gasteiger partial charge in [0.2, 0.25) is 5.91 Å². The lowest BCUT2D eigenvalue weighted by molar-refractivity contribution is -0.142. The van der Waals surface area contributed by atoms with Crippen LogP contribution in [-0.2, 0) is 14.3 Å². The number of halogens is 1. The highest BCUT2D eigenvalue weighted by atomic mass is 127. The maximum Gasteiger partial charge on any atom is 0.251 e. The molecule has 0 aliphatic carbocycles. The van der Waals surface area contributed by atoms with Gasteiger partial charge < -0.3 is 25.2 Å².